The van der Waals surface area contributed by atoms with Crippen LogP contribution in [0.3, 0.4) is 0 Å². The van der Waals surface area contributed by atoms with Gasteiger partial charge >= 0.3 is 0 Å². The van der Waals surface area contributed by atoms with E-state index in [9.17, 15) is 0 Å². The Kier molecular flexibility index (Phi) is 11.4. The van der Waals surface area contributed by atoms with Crippen molar-refractivity contribution in [1.82, 2.24) is 0 Å². The van der Waals surface area contributed by atoms with Crippen molar-refractivity contribution in [2.24, 2.45) is 16.2 Å². The van der Waals surface area contributed by atoms with Crippen LogP contribution >= 0.6 is 12.6 Å². The highest BCUT2D eigenvalue weighted by Crippen LogP contribution is 2.44. The second kappa shape index (κ2) is 11.3. The molecular formula is C28H58O3S. The Bertz CT molecular complexity index is 550. The highest BCUT2D eigenvalue weighted by molar-refractivity contribution is 7.81. The van der Waals surface area contributed by atoms with Crippen molar-refractivity contribution in [2.45, 2.75) is 158 Å². The first-order valence-corrected chi connectivity index (χ1v) is 13.1. The number of ether oxygens (including phenoxy) is 3. The number of hydrogen-bond donors (Lipinski definition) is 1. The van der Waals surface area contributed by atoms with Gasteiger partial charge < -0.3 is 14.2 Å². The Balaban J connectivity index is 5.16. The maximum absolute atomic E-state index is 6.74. The average molecular weight is 475 g/mol. The van der Waals surface area contributed by atoms with Crippen LogP contribution in [0.15, 0.2) is 0 Å². The van der Waals surface area contributed by atoms with Crippen LogP contribution in [-0.2, 0) is 14.2 Å². The Morgan fingerprint density at radius 3 is 1.56 bits per heavy atom. The van der Waals surface area contributed by atoms with Crippen LogP contribution in [0.1, 0.15) is 130 Å². The number of rotatable bonds is 14. The smallest absolute Gasteiger partial charge is 0.105 e. The van der Waals surface area contributed by atoms with E-state index in [-0.39, 0.29) is 39.7 Å². The highest BCUT2D eigenvalue weighted by atomic mass is 32.1. The first-order chi connectivity index (χ1) is 13.9. The molecule has 0 radical (unpaired) electrons. The minimum absolute atomic E-state index is 0.0182. The predicted octanol–water partition coefficient (Wildman–Crippen LogP) is 8.70. The topological polar surface area (TPSA) is 27.7 Å². The van der Waals surface area contributed by atoms with E-state index in [4.69, 9.17) is 14.2 Å². The Morgan fingerprint density at radius 1 is 0.688 bits per heavy atom. The molecule has 0 amide bonds. The summed E-state index contributed by atoms with van der Waals surface area (Å²) in [5, 5.41) is 0. The van der Waals surface area contributed by atoms with Gasteiger partial charge in [0.25, 0.3) is 0 Å². The van der Waals surface area contributed by atoms with Crippen molar-refractivity contribution in [1.29, 1.82) is 0 Å². The molecule has 0 aliphatic rings. The van der Waals surface area contributed by atoms with Gasteiger partial charge in [-0.1, -0.05) is 55.4 Å². The van der Waals surface area contributed by atoms with Gasteiger partial charge in [-0.25, -0.2) is 0 Å². The summed E-state index contributed by atoms with van der Waals surface area (Å²) in [5.74, 6) is 0. The zero-order valence-electron chi connectivity index (χ0n) is 24.4. The van der Waals surface area contributed by atoms with Crippen LogP contribution in [0.5, 0.6) is 0 Å². The van der Waals surface area contributed by atoms with Crippen LogP contribution in [0.2, 0.25) is 0 Å². The Morgan fingerprint density at radius 2 is 1.16 bits per heavy atom. The van der Waals surface area contributed by atoms with E-state index in [1.807, 2.05) is 13.8 Å². The van der Waals surface area contributed by atoms with E-state index in [2.05, 4.69) is 103 Å². The van der Waals surface area contributed by atoms with E-state index < -0.39 is 4.93 Å². The first-order valence-electron chi connectivity index (χ1n) is 12.7. The lowest BCUT2D eigenvalue weighted by Crippen LogP contribution is -2.49. The summed E-state index contributed by atoms with van der Waals surface area (Å²) in [7, 11) is 0. The van der Waals surface area contributed by atoms with Crippen molar-refractivity contribution >= 4 is 12.6 Å². The summed E-state index contributed by atoms with van der Waals surface area (Å²) in [6.07, 6.45) is 4.16. The molecule has 0 bridgehead atoms. The van der Waals surface area contributed by atoms with E-state index in [1.165, 1.54) is 0 Å². The monoisotopic (exact) mass is 474 g/mol. The molecular weight excluding hydrogens is 416 g/mol. The van der Waals surface area contributed by atoms with Gasteiger partial charge in [-0.2, -0.15) is 0 Å². The zero-order valence-corrected chi connectivity index (χ0v) is 25.3. The van der Waals surface area contributed by atoms with E-state index in [0.717, 1.165) is 32.3 Å². The molecule has 194 valence electrons. The second-order valence-electron chi connectivity index (χ2n) is 13.9. The minimum Gasteiger partial charge on any atom is -0.375 e. The average Bonchev–Trinajstić information content (AvgIpc) is 2.49. The van der Waals surface area contributed by atoms with Crippen LogP contribution < -0.4 is 0 Å². The predicted molar refractivity (Wildman–Crippen MR) is 144 cm³/mol. The van der Waals surface area contributed by atoms with Gasteiger partial charge in [-0.05, 0) is 90.4 Å². The molecule has 0 aromatic rings. The summed E-state index contributed by atoms with van der Waals surface area (Å²) >= 11 is 4.57. The lowest BCUT2D eigenvalue weighted by atomic mass is 9.71. The molecule has 2 atom stereocenters. The summed E-state index contributed by atoms with van der Waals surface area (Å²) in [4.78, 5) is -0.433. The highest BCUT2D eigenvalue weighted by Gasteiger charge is 2.44. The summed E-state index contributed by atoms with van der Waals surface area (Å²) in [6.45, 7) is 34.0. The normalized spacial score (nSPS) is 16.9. The van der Waals surface area contributed by atoms with Crippen molar-refractivity contribution in [3.05, 3.63) is 0 Å². The Hall–Kier alpha value is 0.230. The molecule has 0 heterocycles. The number of hydrogen-bond acceptors (Lipinski definition) is 4. The third-order valence-corrected chi connectivity index (χ3v) is 7.62. The quantitative estimate of drug-likeness (QED) is 0.201. The van der Waals surface area contributed by atoms with Gasteiger partial charge in [0.2, 0.25) is 0 Å². The van der Waals surface area contributed by atoms with Gasteiger partial charge in [-0.3, -0.25) is 0 Å². The minimum atomic E-state index is -0.433. The lowest BCUT2D eigenvalue weighted by molar-refractivity contribution is -0.172. The third kappa shape index (κ3) is 11.1. The first kappa shape index (κ1) is 32.2. The van der Waals surface area contributed by atoms with Gasteiger partial charge in [0, 0.05) is 6.61 Å². The SMILES string of the molecule is CCC(CC(C)(C)C(C)(C)OC(C)CC(C)(C)C(C)(C)OCCC(C)(C)C)OC(C)(C)S. The van der Waals surface area contributed by atoms with Gasteiger partial charge in [0.15, 0.2) is 0 Å². The van der Waals surface area contributed by atoms with E-state index >= 15 is 0 Å². The van der Waals surface area contributed by atoms with E-state index in [1.54, 1.807) is 0 Å². The molecule has 32 heavy (non-hydrogen) atoms. The van der Waals surface area contributed by atoms with Gasteiger partial charge in [0.05, 0.1) is 23.4 Å². The van der Waals surface area contributed by atoms with Crippen LogP contribution in [0.25, 0.3) is 0 Å². The second-order valence-corrected chi connectivity index (χ2v) is 15.0. The fourth-order valence-electron chi connectivity index (χ4n) is 3.97. The molecule has 0 saturated carbocycles. The van der Waals surface area contributed by atoms with Crippen LogP contribution in [0, 0.1) is 16.2 Å². The molecule has 4 heteroatoms. The molecule has 0 aromatic heterocycles. The number of thiol groups is 1. The molecule has 0 rings (SSSR count). The van der Waals surface area contributed by atoms with Crippen molar-refractivity contribution in [3.8, 4) is 0 Å². The molecule has 0 saturated heterocycles. The summed E-state index contributed by atoms with van der Waals surface area (Å²) < 4.78 is 19.3. The molecule has 3 nitrogen and oxygen atoms in total. The van der Waals surface area contributed by atoms with Crippen LogP contribution in [0.4, 0.5) is 0 Å². The summed E-state index contributed by atoms with van der Waals surface area (Å²) in [5.41, 5.74) is -0.306. The summed E-state index contributed by atoms with van der Waals surface area (Å²) in [6, 6.07) is 0. The van der Waals surface area contributed by atoms with E-state index in [0.29, 0.717) is 0 Å². The van der Waals surface area contributed by atoms with Gasteiger partial charge in [-0.15, -0.1) is 12.6 Å². The third-order valence-electron chi connectivity index (χ3n) is 7.52. The molecule has 0 aliphatic carbocycles. The Labute approximate surface area is 207 Å². The molecule has 0 spiro atoms. The molecule has 0 fully saturated rings. The van der Waals surface area contributed by atoms with Crippen molar-refractivity contribution < 1.29 is 14.2 Å². The molecule has 2 unspecified atom stereocenters. The van der Waals surface area contributed by atoms with Crippen LogP contribution in [-0.4, -0.2) is 34.9 Å². The molecule has 0 N–H and O–H groups in total. The maximum Gasteiger partial charge on any atom is 0.105 e. The largest absolute Gasteiger partial charge is 0.375 e. The zero-order chi connectivity index (χ0) is 25.8. The standard InChI is InChI=1S/C28H58O3S/c1-16-22(31-28(14,15)32)20-25(8,9)27(12,13)30-21(2)19-24(6,7)26(10,11)29-18-17-23(3,4)5/h21-22,32H,16-20H2,1-15H3. The van der Waals surface area contributed by atoms with Gasteiger partial charge in [0.1, 0.15) is 4.93 Å². The lowest BCUT2D eigenvalue weighted by Gasteiger charge is -2.48. The molecule has 0 aliphatic heterocycles. The maximum atomic E-state index is 6.74. The fourth-order valence-corrected chi connectivity index (χ4v) is 4.12. The van der Waals surface area contributed by atoms with Crippen molar-refractivity contribution in [2.75, 3.05) is 6.61 Å². The van der Waals surface area contributed by atoms with Crippen molar-refractivity contribution in [3.63, 3.8) is 0 Å². The fraction of sp³-hybridized carbons (Fsp3) is 1.00. The molecule has 0 aromatic carbocycles.